The normalized spacial score (nSPS) is 10.6. The van der Waals surface area contributed by atoms with Gasteiger partial charge in [-0.15, -0.1) is 0 Å². The smallest absolute Gasteiger partial charge is 0.426 e. The molecule has 1 aromatic rings. The van der Waals surface area contributed by atoms with E-state index in [1.165, 1.54) is 14.1 Å². The van der Waals surface area contributed by atoms with E-state index in [1.807, 2.05) is 30.3 Å². The molecule has 25 heavy (non-hydrogen) atoms. The summed E-state index contributed by atoms with van der Waals surface area (Å²) >= 11 is 0. The third kappa shape index (κ3) is 8.05. The number of likely N-dealkylation sites (N-methyl/N-ethyl adjacent to an activating group) is 2. The molecule has 0 aliphatic rings. The van der Waals surface area contributed by atoms with Crippen LogP contribution in [0.3, 0.4) is 0 Å². The molecule has 0 spiro atoms. The molecule has 0 saturated heterocycles. The molecule has 0 unspecified atom stereocenters. The summed E-state index contributed by atoms with van der Waals surface area (Å²) in [7, 11) is 2.81. The van der Waals surface area contributed by atoms with Gasteiger partial charge in [-0.1, -0.05) is 30.3 Å². The Labute approximate surface area is 147 Å². The topological polar surface area (TPSA) is 88.2 Å². The van der Waals surface area contributed by atoms with E-state index in [-0.39, 0.29) is 13.2 Å². The molecule has 0 saturated carbocycles. The number of amides is 3. The van der Waals surface area contributed by atoms with Crippen molar-refractivity contribution >= 4 is 18.1 Å². The lowest BCUT2D eigenvalue weighted by molar-refractivity contribution is -0.133. The van der Waals surface area contributed by atoms with E-state index in [0.717, 1.165) is 15.5 Å². The van der Waals surface area contributed by atoms with E-state index in [9.17, 15) is 14.4 Å². The highest BCUT2D eigenvalue weighted by molar-refractivity contribution is 5.83. The van der Waals surface area contributed by atoms with Crippen LogP contribution in [0.5, 0.6) is 0 Å². The fourth-order valence-electron chi connectivity index (χ4n) is 1.67. The zero-order chi connectivity index (χ0) is 19.0. The second-order valence-electron chi connectivity index (χ2n) is 6.46. The molecule has 0 fully saturated rings. The Hall–Kier alpha value is -2.77. The van der Waals surface area contributed by atoms with Gasteiger partial charge in [-0.3, -0.25) is 9.80 Å². The number of rotatable bonds is 4. The highest BCUT2D eigenvalue weighted by atomic mass is 16.6. The van der Waals surface area contributed by atoms with Crippen LogP contribution in [-0.4, -0.2) is 54.2 Å². The summed E-state index contributed by atoms with van der Waals surface area (Å²) in [6, 6.07) is 9.16. The zero-order valence-corrected chi connectivity index (χ0v) is 15.2. The SMILES string of the molecule is CN(CC(=O)N(C)NC(=O)OCc1ccccc1)C(=O)OC(C)(C)C. The Morgan fingerprint density at radius 2 is 1.68 bits per heavy atom. The molecule has 0 aliphatic heterocycles. The Bertz CT molecular complexity index is 598. The van der Waals surface area contributed by atoms with Crippen LogP contribution in [0.2, 0.25) is 0 Å². The van der Waals surface area contributed by atoms with Gasteiger partial charge >= 0.3 is 12.2 Å². The molecule has 0 heterocycles. The molecule has 0 bridgehead atoms. The van der Waals surface area contributed by atoms with Gasteiger partial charge in [0.15, 0.2) is 0 Å². The second-order valence-corrected chi connectivity index (χ2v) is 6.46. The molecule has 0 aromatic heterocycles. The Balaban J connectivity index is 2.40. The zero-order valence-electron chi connectivity index (χ0n) is 15.2. The van der Waals surface area contributed by atoms with Crippen LogP contribution in [0.15, 0.2) is 30.3 Å². The number of carbonyl (C=O) groups excluding carboxylic acids is 3. The molecular weight excluding hydrogens is 326 g/mol. The quantitative estimate of drug-likeness (QED) is 0.840. The number of hydrazine groups is 1. The molecule has 0 atom stereocenters. The van der Waals surface area contributed by atoms with Gasteiger partial charge in [0.25, 0.3) is 5.91 Å². The Morgan fingerprint density at radius 3 is 2.24 bits per heavy atom. The van der Waals surface area contributed by atoms with Gasteiger partial charge < -0.3 is 14.4 Å². The van der Waals surface area contributed by atoms with Crippen LogP contribution < -0.4 is 5.43 Å². The first-order valence-corrected chi connectivity index (χ1v) is 7.76. The van der Waals surface area contributed by atoms with Crippen molar-refractivity contribution in [3.05, 3.63) is 35.9 Å². The molecule has 138 valence electrons. The summed E-state index contributed by atoms with van der Waals surface area (Å²) in [5.41, 5.74) is 2.46. The van der Waals surface area contributed by atoms with E-state index in [0.29, 0.717) is 0 Å². The number of ether oxygens (including phenoxy) is 2. The van der Waals surface area contributed by atoms with Crippen molar-refractivity contribution in [3.63, 3.8) is 0 Å². The molecule has 8 heteroatoms. The minimum absolute atomic E-state index is 0.0898. The predicted molar refractivity (Wildman–Crippen MR) is 91.4 cm³/mol. The van der Waals surface area contributed by atoms with Crippen molar-refractivity contribution in [1.29, 1.82) is 0 Å². The lowest BCUT2D eigenvalue weighted by Gasteiger charge is -2.25. The van der Waals surface area contributed by atoms with Crippen LogP contribution in [0, 0.1) is 0 Å². The molecule has 0 aliphatic carbocycles. The van der Waals surface area contributed by atoms with E-state index in [1.54, 1.807) is 20.8 Å². The number of nitrogens with one attached hydrogen (secondary N) is 1. The first kappa shape index (κ1) is 20.3. The van der Waals surface area contributed by atoms with E-state index < -0.39 is 23.7 Å². The maximum atomic E-state index is 12.0. The Morgan fingerprint density at radius 1 is 1.08 bits per heavy atom. The van der Waals surface area contributed by atoms with Crippen molar-refractivity contribution in [3.8, 4) is 0 Å². The van der Waals surface area contributed by atoms with Gasteiger partial charge in [-0.2, -0.15) is 0 Å². The number of hydrogen-bond acceptors (Lipinski definition) is 5. The average molecular weight is 351 g/mol. The maximum absolute atomic E-state index is 12.0. The standard InChI is InChI=1S/C17H25N3O5/c1-17(2,3)25-16(23)19(4)11-14(21)20(5)18-15(22)24-12-13-9-7-6-8-10-13/h6-10H,11-12H2,1-5H3,(H,18,22). The molecule has 0 radical (unpaired) electrons. The van der Waals surface area contributed by atoms with Crippen LogP contribution in [-0.2, 0) is 20.9 Å². The summed E-state index contributed by atoms with van der Waals surface area (Å²) < 4.78 is 10.2. The minimum atomic E-state index is -0.764. The molecule has 1 aromatic carbocycles. The van der Waals surface area contributed by atoms with Crippen molar-refractivity contribution in [1.82, 2.24) is 15.3 Å². The first-order chi connectivity index (χ1) is 11.6. The number of nitrogens with zero attached hydrogens (tertiary/aromatic N) is 2. The van der Waals surface area contributed by atoms with Gasteiger partial charge in [0.2, 0.25) is 0 Å². The van der Waals surface area contributed by atoms with Gasteiger partial charge in [0, 0.05) is 14.1 Å². The molecule has 8 nitrogen and oxygen atoms in total. The lowest BCUT2D eigenvalue weighted by Crippen LogP contribution is -2.48. The van der Waals surface area contributed by atoms with E-state index in [4.69, 9.17) is 9.47 Å². The summed E-state index contributed by atoms with van der Waals surface area (Å²) in [4.78, 5) is 36.7. The van der Waals surface area contributed by atoms with Crippen LogP contribution in [0.1, 0.15) is 26.3 Å². The third-order valence-corrected chi connectivity index (χ3v) is 2.92. The second kappa shape index (κ2) is 8.91. The van der Waals surface area contributed by atoms with Gasteiger partial charge in [-0.05, 0) is 26.3 Å². The maximum Gasteiger partial charge on any atom is 0.426 e. The van der Waals surface area contributed by atoms with Gasteiger partial charge in [0.1, 0.15) is 18.8 Å². The van der Waals surface area contributed by atoms with Crippen LogP contribution in [0.25, 0.3) is 0 Å². The monoisotopic (exact) mass is 351 g/mol. The number of benzene rings is 1. The Kier molecular flexibility index (Phi) is 7.22. The summed E-state index contributed by atoms with van der Waals surface area (Å²) in [5, 5.41) is 0.966. The summed E-state index contributed by atoms with van der Waals surface area (Å²) in [5.74, 6) is -0.495. The number of hydrogen-bond donors (Lipinski definition) is 1. The van der Waals surface area contributed by atoms with Gasteiger partial charge in [-0.25, -0.2) is 15.0 Å². The average Bonchev–Trinajstić information content (AvgIpc) is 2.52. The van der Waals surface area contributed by atoms with Crippen molar-refractivity contribution in [2.24, 2.45) is 0 Å². The molecule has 3 amide bonds. The highest BCUT2D eigenvalue weighted by Crippen LogP contribution is 2.09. The van der Waals surface area contributed by atoms with E-state index >= 15 is 0 Å². The van der Waals surface area contributed by atoms with Crippen LogP contribution >= 0.6 is 0 Å². The van der Waals surface area contributed by atoms with Gasteiger partial charge in [0.05, 0.1) is 0 Å². The molecule has 1 N–H and O–H groups in total. The fourth-order valence-corrected chi connectivity index (χ4v) is 1.67. The van der Waals surface area contributed by atoms with Crippen molar-refractivity contribution < 1.29 is 23.9 Å². The van der Waals surface area contributed by atoms with Crippen molar-refractivity contribution in [2.75, 3.05) is 20.6 Å². The minimum Gasteiger partial charge on any atom is -0.444 e. The summed E-state index contributed by atoms with van der Waals surface area (Å²) in [6.07, 6.45) is -1.39. The molecule has 1 rings (SSSR count). The lowest BCUT2D eigenvalue weighted by atomic mass is 10.2. The van der Waals surface area contributed by atoms with Crippen molar-refractivity contribution in [2.45, 2.75) is 33.0 Å². The summed E-state index contributed by atoms with van der Waals surface area (Å²) in [6.45, 7) is 5.04. The predicted octanol–water partition coefficient (Wildman–Crippen LogP) is 2.15. The highest BCUT2D eigenvalue weighted by Gasteiger charge is 2.23. The first-order valence-electron chi connectivity index (χ1n) is 7.76. The third-order valence-electron chi connectivity index (χ3n) is 2.92. The van der Waals surface area contributed by atoms with E-state index in [2.05, 4.69) is 5.43 Å². The molecular formula is C17H25N3O5. The fraction of sp³-hybridized carbons (Fsp3) is 0.471. The largest absolute Gasteiger partial charge is 0.444 e. The number of carbonyl (C=O) groups is 3. The van der Waals surface area contributed by atoms with Crippen LogP contribution in [0.4, 0.5) is 9.59 Å².